The number of carbonyl (C=O) groups excluding carboxylic acids is 1. The van der Waals surface area contributed by atoms with Gasteiger partial charge >= 0.3 is 0 Å². The number of anilines is 1. The number of likely N-dealkylation sites (N-methyl/N-ethyl adjacent to an activating group) is 1. The third-order valence-corrected chi connectivity index (χ3v) is 4.84. The Morgan fingerprint density at radius 1 is 1.22 bits per heavy atom. The van der Waals surface area contributed by atoms with Crippen molar-refractivity contribution in [3.05, 3.63) is 64.2 Å². The molecule has 6 heteroatoms. The highest BCUT2D eigenvalue weighted by Gasteiger charge is 2.24. The Kier molecular flexibility index (Phi) is 6.14. The Morgan fingerprint density at radius 3 is 2.56 bits per heavy atom. The lowest BCUT2D eigenvalue weighted by Crippen LogP contribution is -2.36. The van der Waals surface area contributed by atoms with Gasteiger partial charge in [0.2, 0.25) is 5.91 Å². The molecular formula is C21H24ClN3O2. The van der Waals surface area contributed by atoms with Crippen LogP contribution in [0.1, 0.15) is 23.1 Å². The van der Waals surface area contributed by atoms with Crippen molar-refractivity contribution < 1.29 is 9.63 Å². The van der Waals surface area contributed by atoms with Crippen LogP contribution in [0.2, 0.25) is 5.02 Å². The molecule has 2 aromatic carbocycles. The van der Waals surface area contributed by atoms with E-state index in [9.17, 15) is 4.79 Å². The average molecular weight is 386 g/mol. The quantitative estimate of drug-likeness (QED) is 0.817. The molecule has 0 fully saturated rings. The van der Waals surface area contributed by atoms with Crippen LogP contribution in [0, 0.1) is 13.8 Å². The number of carbonyl (C=O) groups is 1. The highest BCUT2D eigenvalue weighted by atomic mass is 35.5. The van der Waals surface area contributed by atoms with Gasteiger partial charge in [0.25, 0.3) is 0 Å². The monoisotopic (exact) mass is 385 g/mol. The molecule has 5 nitrogen and oxygen atoms in total. The normalized spacial score (nSPS) is 16.2. The minimum Gasteiger partial charge on any atom is -0.390 e. The Morgan fingerprint density at radius 2 is 1.89 bits per heavy atom. The molecule has 142 valence electrons. The highest BCUT2D eigenvalue weighted by Crippen LogP contribution is 2.20. The van der Waals surface area contributed by atoms with Crippen LogP contribution >= 0.6 is 11.6 Å². The maximum Gasteiger partial charge on any atom is 0.238 e. The van der Waals surface area contributed by atoms with Crippen LogP contribution in [0.15, 0.2) is 47.6 Å². The molecule has 0 unspecified atom stereocenters. The van der Waals surface area contributed by atoms with Crippen LogP contribution in [-0.4, -0.2) is 42.8 Å². The van der Waals surface area contributed by atoms with Crippen LogP contribution in [0.5, 0.6) is 0 Å². The van der Waals surface area contributed by atoms with Crippen LogP contribution in [0.25, 0.3) is 0 Å². The maximum absolute atomic E-state index is 12.4. The highest BCUT2D eigenvalue weighted by molar-refractivity contribution is 6.30. The largest absolute Gasteiger partial charge is 0.390 e. The Balaban J connectivity index is 1.49. The number of hydrogen-bond acceptors (Lipinski definition) is 4. The first-order valence-electron chi connectivity index (χ1n) is 8.95. The lowest BCUT2D eigenvalue weighted by atomic mass is 10.0. The van der Waals surface area contributed by atoms with Gasteiger partial charge in [0.1, 0.15) is 6.10 Å². The van der Waals surface area contributed by atoms with E-state index in [2.05, 4.69) is 10.5 Å². The van der Waals surface area contributed by atoms with E-state index in [1.54, 1.807) is 0 Å². The first kappa shape index (κ1) is 19.4. The third kappa shape index (κ3) is 5.08. The number of oxime groups is 1. The summed E-state index contributed by atoms with van der Waals surface area (Å²) in [5.41, 5.74) is 4.93. The summed E-state index contributed by atoms with van der Waals surface area (Å²) in [6.07, 6.45) is 0.651. The molecule has 0 aromatic heterocycles. The molecule has 0 radical (unpaired) electrons. The SMILES string of the molecule is Cc1cccc(C)c1NC(=O)CN(C)C[C@H]1CC(c2ccc(Cl)cc2)=NO1. The van der Waals surface area contributed by atoms with Crippen molar-refractivity contribution >= 4 is 28.9 Å². The number of nitrogens with zero attached hydrogens (tertiary/aromatic N) is 2. The van der Waals surface area contributed by atoms with Crippen molar-refractivity contribution in [3.63, 3.8) is 0 Å². The van der Waals surface area contributed by atoms with Gasteiger partial charge in [-0.1, -0.05) is 47.1 Å². The molecule has 1 aliphatic heterocycles. The Hall–Kier alpha value is -2.37. The van der Waals surface area contributed by atoms with Crippen LogP contribution in [0.4, 0.5) is 5.69 Å². The molecule has 0 saturated heterocycles. The van der Waals surface area contributed by atoms with Gasteiger partial charge < -0.3 is 10.2 Å². The number of amides is 1. The molecule has 0 saturated carbocycles. The molecule has 1 N–H and O–H groups in total. The zero-order valence-electron chi connectivity index (χ0n) is 15.8. The average Bonchev–Trinajstić information content (AvgIpc) is 3.07. The summed E-state index contributed by atoms with van der Waals surface area (Å²) >= 11 is 5.93. The van der Waals surface area contributed by atoms with Gasteiger partial charge in [0.05, 0.1) is 12.3 Å². The van der Waals surface area contributed by atoms with Crippen LogP contribution < -0.4 is 5.32 Å². The van der Waals surface area contributed by atoms with Gasteiger partial charge in [0.15, 0.2) is 0 Å². The third-order valence-electron chi connectivity index (χ3n) is 4.58. The molecule has 0 spiro atoms. The summed E-state index contributed by atoms with van der Waals surface area (Å²) in [7, 11) is 1.91. The van der Waals surface area contributed by atoms with Gasteiger partial charge in [-0.3, -0.25) is 9.69 Å². The van der Waals surface area contributed by atoms with Crippen molar-refractivity contribution in [2.45, 2.75) is 26.4 Å². The fraction of sp³-hybridized carbons (Fsp3) is 0.333. The van der Waals surface area contributed by atoms with Crippen molar-refractivity contribution in [2.75, 3.05) is 25.5 Å². The van der Waals surface area contributed by atoms with Crippen molar-refractivity contribution in [1.82, 2.24) is 4.90 Å². The van der Waals surface area contributed by atoms with E-state index in [1.165, 1.54) is 0 Å². The fourth-order valence-corrected chi connectivity index (χ4v) is 3.31. The Bertz CT molecular complexity index is 829. The minimum atomic E-state index is -0.0614. The van der Waals surface area contributed by atoms with E-state index in [1.807, 2.05) is 68.3 Å². The minimum absolute atomic E-state index is 0.0354. The summed E-state index contributed by atoms with van der Waals surface area (Å²) < 4.78 is 0. The molecule has 1 aliphatic rings. The van der Waals surface area contributed by atoms with Gasteiger partial charge in [-0.2, -0.15) is 0 Å². The van der Waals surface area contributed by atoms with Crippen molar-refractivity contribution in [1.29, 1.82) is 0 Å². The van der Waals surface area contributed by atoms with Gasteiger partial charge in [-0.15, -0.1) is 0 Å². The van der Waals surface area contributed by atoms with E-state index in [0.29, 0.717) is 24.5 Å². The number of hydrogen-bond donors (Lipinski definition) is 1. The number of benzene rings is 2. The van der Waals surface area contributed by atoms with E-state index in [4.69, 9.17) is 16.4 Å². The summed E-state index contributed by atoms with van der Waals surface area (Å²) in [6.45, 7) is 4.91. The van der Waals surface area contributed by atoms with Gasteiger partial charge in [-0.25, -0.2) is 0 Å². The number of para-hydroxylation sites is 1. The molecular weight excluding hydrogens is 362 g/mol. The van der Waals surface area contributed by atoms with Crippen LogP contribution in [-0.2, 0) is 9.63 Å². The van der Waals surface area contributed by atoms with Crippen molar-refractivity contribution in [3.8, 4) is 0 Å². The summed E-state index contributed by atoms with van der Waals surface area (Å²) in [5.74, 6) is -0.0354. The molecule has 0 aliphatic carbocycles. The molecule has 2 aromatic rings. The van der Waals surface area contributed by atoms with Gasteiger partial charge in [0, 0.05) is 23.7 Å². The number of aryl methyl sites for hydroxylation is 2. The standard InChI is InChI=1S/C21H24ClN3O2/c1-14-5-4-6-15(2)21(14)23-20(26)13-25(3)12-18-11-19(24-27-18)16-7-9-17(22)10-8-16/h4-10,18H,11-13H2,1-3H3,(H,23,26)/t18-/m1/s1. The number of halogens is 1. The fourth-order valence-electron chi connectivity index (χ4n) is 3.19. The summed E-state index contributed by atoms with van der Waals surface area (Å²) in [4.78, 5) is 19.9. The maximum atomic E-state index is 12.4. The zero-order valence-corrected chi connectivity index (χ0v) is 16.6. The molecule has 3 rings (SSSR count). The van der Waals surface area contributed by atoms with E-state index in [0.717, 1.165) is 28.1 Å². The van der Waals surface area contributed by atoms with Crippen molar-refractivity contribution in [2.24, 2.45) is 5.16 Å². The second kappa shape index (κ2) is 8.55. The molecule has 1 amide bonds. The lowest BCUT2D eigenvalue weighted by molar-refractivity contribution is -0.117. The van der Waals surface area contributed by atoms with E-state index in [-0.39, 0.29) is 12.0 Å². The van der Waals surface area contributed by atoms with Crippen LogP contribution in [0.3, 0.4) is 0 Å². The summed E-state index contributed by atoms with van der Waals surface area (Å²) in [5, 5.41) is 7.90. The zero-order chi connectivity index (χ0) is 19.4. The molecule has 27 heavy (non-hydrogen) atoms. The second-order valence-corrected chi connectivity index (χ2v) is 7.42. The van der Waals surface area contributed by atoms with E-state index < -0.39 is 0 Å². The smallest absolute Gasteiger partial charge is 0.238 e. The molecule has 0 bridgehead atoms. The Labute approximate surface area is 165 Å². The first-order chi connectivity index (χ1) is 12.9. The topological polar surface area (TPSA) is 53.9 Å². The second-order valence-electron chi connectivity index (χ2n) is 6.99. The predicted molar refractivity (Wildman–Crippen MR) is 110 cm³/mol. The lowest BCUT2D eigenvalue weighted by Gasteiger charge is -2.20. The molecule has 1 atom stereocenters. The number of rotatable bonds is 6. The van der Waals surface area contributed by atoms with Gasteiger partial charge in [-0.05, 0) is 49.7 Å². The number of nitrogens with one attached hydrogen (secondary N) is 1. The predicted octanol–water partition coefficient (Wildman–Crippen LogP) is 4.02. The van der Waals surface area contributed by atoms with E-state index >= 15 is 0 Å². The molecule has 1 heterocycles. The first-order valence-corrected chi connectivity index (χ1v) is 9.33. The summed E-state index contributed by atoms with van der Waals surface area (Å²) in [6, 6.07) is 13.5.